The van der Waals surface area contributed by atoms with Gasteiger partial charge < -0.3 is 9.88 Å². The van der Waals surface area contributed by atoms with E-state index in [4.69, 9.17) is 11.6 Å². The zero-order valence-corrected chi connectivity index (χ0v) is 12.7. The highest BCUT2D eigenvalue weighted by Crippen LogP contribution is 2.19. The Bertz CT molecular complexity index is 648. The fraction of sp³-hybridized carbons (Fsp3) is 0.375. The first-order valence-corrected chi connectivity index (χ1v) is 7.63. The molecule has 3 rings (SSSR count). The lowest BCUT2D eigenvalue weighted by molar-refractivity contribution is 0.0929. The first-order valence-electron chi connectivity index (χ1n) is 7.26. The summed E-state index contributed by atoms with van der Waals surface area (Å²) in [7, 11) is 0. The highest BCUT2D eigenvalue weighted by Gasteiger charge is 2.20. The predicted molar refractivity (Wildman–Crippen MR) is 82.5 cm³/mol. The second-order valence-corrected chi connectivity index (χ2v) is 5.85. The number of amides is 1. The molecule has 110 valence electrons. The van der Waals surface area contributed by atoms with Gasteiger partial charge in [-0.2, -0.15) is 0 Å². The number of carbonyl (C=O) groups excluding carboxylic acids is 1. The minimum absolute atomic E-state index is 0.0653. The molecule has 2 aromatic rings. The SMILES string of the molecule is CC(NC(=O)c1cnc2n1CCCC2)c1ccc(Cl)cc1. The van der Waals surface area contributed by atoms with Crippen LogP contribution in [-0.2, 0) is 13.0 Å². The van der Waals surface area contributed by atoms with E-state index in [1.165, 1.54) is 0 Å². The second-order valence-electron chi connectivity index (χ2n) is 5.42. The summed E-state index contributed by atoms with van der Waals surface area (Å²) in [6, 6.07) is 7.46. The van der Waals surface area contributed by atoms with E-state index in [-0.39, 0.29) is 11.9 Å². The van der Waals surface area contributed by atoms with Gasteiger partial charge in [0, 0.05) is 18.0 Å². The van der Waals surface area contributed by atoms with Crippen molar-refractivity contribution in [2.45, 2.75) is 38.8 Å². The number of halogens is 1. The summed E-state index contributed by atoms with van der Waals surface area (Å²) in [5.74, 6) is 0.948. The fourth-order valence-corrected chi connectivity index (χ4v) is 2.83. The lowest BCUT2D eigenvalue weighted by Gasteiger charge is -2.18. The van der Waals surface area contributed by atoms with Crippen molar-refractivity contribution < 1.29 is 4.79 Å². The van der Waals surface area contributed by atoms with Gasteiger partial charge in [-0.3, -0.25) is 4.79 Å². The molecule has 1 aliphatic heterocycles. The summed E-state index contributed by atoms with van der Waals surface area (Å²) in [5, 5.41) is 3.72. The maximum Gasteiger partial charge on any atom is 0.270 e. The number of carbonyl (C=O) groups is 1. The summed E-state index contributed by atoms with van der Waals surface area (Å²) in [5.41, 5.74) is 1.69. The number of fused-ring (bicyclic) bond motifs is 1. The molecule has 0 aliphatic carbocycles. The van der Waals surface area contributed by atoms with E-state index in [1.54, 1.807) is 6.20 Å². The number of hydrogen-bond donors (Lipinski definition) is 1. The number of benzene rings is 1. The molecule has 2 heterocycles. The zero-order chi connectivity index (χ0) is 14.8. The number of nitrogens with zero attached hydrogens (tertiary/aromatic N) is 2. The maximum atomic E-state index is 12.4. The topological polar surface area (TPSA) is 46.9 Å². The normalized spacial score (nSPS) is 15.3. The third-order valence-electron chi connectivity index (χ3n) is 3.92. The number of aromatic nitrogens is 2. The lowest BCUT2D eigenvalue weighted by Crippen LogP contribution is -2.29. The first kappa shape index (κ1) is 14.1. The van der Waals surface area contributed by atoms with E-state index in [2.05, 4.69) is 10.3 Å². The molecule has 1 aromatic carbocycles. The number of nitrogens with one attached hydrogen (secondary N) is 1. The molecule has 0 spiro atoms. The van der Waals surface area contributed by atoms with Crippen LogP contribution in [0.1, 0.15) is 47.7 Å². The van der Waals surface area contributed by atoms with Crippen LogP contribution in [0.5, 0.6) is 0 Å². The van der Waals surface area contributed by atoms with Crippen molar-refractivity contribution in [2.24, 2.45) is 0 Å². The van der Waals surface area contributed by atoms with Crippen molar-refractivity contribution in [1.82, 2.24) is 14.9 Å². The zero-order valence-electron chi connectivity index (χ0n) is 12.0. The quantitative estimate of drug-likeness (QED) is 0.945. The van der Waals surface area contributed by atoms with Gasteiger partial charge in [0.15, 0.2) is 0 Å². The van der Waals surface area contributed by atoms with Crippen molar-refractivity contribution in [3.05, 3.63) is 52.6 Å². The Morgan fingerprint density at radius 1 is 1.33 bits per heavy atom. The van der Waals surface area contributed by atoms with Crippen LogP contribution in [0.15, 0.2) is 30.5 Å². The summed E-state index contributed by atoms with van der Waals surface area (Å²) >= 11 is 5.88. The van der Waals surface area contributed by atoms with Crippen LogP contribution in [0.2, 0.25) is 5.02 Å². The van der Waals surface area contributed by atoms with Gasteiger partial charge in [0.25, 0.3) is 5.91 Å². The Labute approximate surface area is 129 Å². The Balaban J connectivity index is 1.74. The molecule has 0 fully saturated rings. The average Bonchev–Trinajstić information content (AvgIpc) is 2.92. The molecule has 1 amide bonds. The van der Waals surface area contributed by atoms with Crippen molar-refractivity contribution in [3.63, 3.8) is 0 Å². The van der Waals surface area contributed by atoms with Crippen molar-refractivity contribution in [3.8, 4) is 0 Å². The molecule has 5 heteroatoms. The van der Waals surface area contributed by atoms with Crippen LogP contribution in [0.4, 0.5) is 0 Å². The van der Waals surface area contributed by atoms with E-state index < -0.39 is 0 Å². The number of aryl methyl sites for hydroxylation is 1. The molecule has 1 aromatic heterocycles. The molecule has 0 bridgehead atoms. The van der Waals surface area contributed by atoms with Crippen LogP contribution in [0.25, 0.3) is 0 Å². The van der Waals surface area contributed by atoms with Crippen LogP contribution in [-0.4, -0.2) is 15.5 Å². The third-order valence-corrected chi connectivity index (χ3v) is 4.17. The Morgan fingerprint density at radius 3 is 2.86 bits per heavy atom. The first-order chi connectivity index (χ1) is 10.1. The minimum Gasteiger partial charge on any atom is -0.344 e. The van der Waals surface area contributed by atoms with Gasteiger partial charge in [0.2, 0.25) is 0 Å². The van der Waals surface area contributed by atoms with E-state index in [0.717, 1.165) is 37.2 Å². The molecule has 0 saturated carbocycles. The largest absolute Gasteiger partial charge is 0.344 e. The molecule has 4 nitrogen and oxygen atoms in total. The van der Waals surface area contributed by atoms with Gasteiger partial charge in [0.05, 0.1) is 12.2 Å². The van der Waals surface area contributed by atoms with E-state index in [9.17, 15) is 4.79 Å². The molecule has 1 aliphatic rings. The smallest absolute Gasteiger partial charge is 0.270 e. The van der Waals surface area contributed by atoms with E-state index >= 15 is 0 Å². The molecule has 0 radical (unpaired) electrons. The van der Waals surface area contributed by atoms with Crippen molar-refractivity contribution >= 4 is 17.5 Å². The van der Waals surface area contributed by atoms with Crippen LogP contribution in [0, 0.1) is 0 Å². The second kappa shape index (κ2) is 5.90. The van der Waals surface area contributed by atoms with Gasteiger partial charge in [0.1, 0.15) is 11.5 Å². The van der Waals surface area contributed by atoms with Crippen molar-refractivity contribution in [1.29, 1.82) is 0 Å². The Morgan fingerprint density at radius 2 is 2.10 bits per heavy atom. The van der Waals surface area contributed by atoms with Gasteiger partial charge in [-0.05, 0) is 37.5 Å². The van der Waals surface area contributed by atoms with Gasteiger partial charge in [-0.1, -0.05) is 23.7 Å². The maximum absolute atomic E-state index is 12.4. The third kappa shape index (κ3) is 2.95. The van der Waals surface area contributed by atoms with Crippen LogP contribution < -0.4 is 5.32 Å². The highest BCUT2D eigenvalue weighted by molar-refractivity contribution is 6.30. The molecule has 1 unspecified atom stereocenters. The van der Waals surface area contributed by atoms with Crippen LogP contribution >= 0.6 is 11.6 Å². The lowest BCUT2D eigenvalue weighted by atomic mass is 10.1. The number of imidazole rings is 1. The minimum atomic E-state index is -0.0712. The fourth-order valence-electron chi connectivity index (χ4n) is 2.70. The van der Waals surface area contributed by atoms with Crippen LogP contribution in [0.3, 0.4) is 0 Å². The Kier molecular flexibility index (Phi) is 3.97. The number of hydrogen-bond acceptors (Lipinski definition) is 2. The molecular formula is C16H18ClN3O. The van der Waals surface area contributed by atoms with E-state index in [0.29, 0.717) is 10.7 Å². The Hall–Kier alpha value is -1.81. The average molecular weight is 304 g/mol. The number of rotatable bonds is 3. The summed E-state index contributed by atoms with van der Waals surface area (Å²) in [4.78, 5) is 16.8. The molecule has 21 heavy (non-hydrogen) atoms. The molecule has 0 saturated heterocycles. The van der Waals surface area contributed by atoms with Gasteiger partial charge in [-0.15, -0.1) is 0 Å². The van der Waals surface area contributed by atoms with Crippen molar-refractivity contribution in [2.75, 3.05) is 0 Å². The summed E-state index contributed by atoms with van der Waals surface area (Å²) in [6.45, 7) is 2.85. The highest BCUT2D eigenvalue weighted by atomic mass is 35.5. The summed E-state index contributed by atoms with van der Waals surface area (Å²) < 4.78 is 2.04. The molecule has 1 N–H and O–H groups in total. The molecule has 1 atom stereocenters. The monoisotopic (exact) mass is 303 g/mol. The standard InChI is InChI=1S/C16H18ClN3O/c1-11(12-5-7-13(17)8-6-12)19-16(21)14-10-18-15-4-2-3-9-20(14)15/h5-8,10-11H,2-4,9H2,1H3,(H,19,21). The summed E-state index contributed by atoms with van der Waals surface area (Å²) in [6.07, 6.45) is 4.90. The van der Waals surface area contributed by atoms with Gasteiger partial charge >= 0.3 is 0 Å². The predicted octanol–water partition coefficient (Wildman–Crippen LogP) is 3.36. The molecular weight excluding hydrogens is 286 g/mol. The van der Waals surface area contributed by atoms with E-state index in [1.807, 2.05) is 35.8 Å². The van der Waals surface area contributed by atoms with Gasteiger partial charge in [-0.25, -0.2) is 4.98 Å².